The molecule has 0 spiro atoms. The Kier molecular flexibility index (Phi) is 13.0. The smallest absolute Gasteiger partial charge is 0.411 e. The summed E-state index contributed by atoms with van der Waals surface area (Å²) in [5.41, 5.74) is -0.0140. The Balaban J connectivity index is 1.74. The Morgan fingerprint density at radius 2 is 1.57 bits per heavy atom. The van der Waals surface area contributed by atoms with E-state index in [-0.39, 0.29) is 17.7 Å². The van der Waals surface area contributed by atoms with Crippen molar-refractivity contribution in [3.05, 3.63) is 40.4 Å². The summed E-state index contributed by atoms with van der Waals surface area (Å²) in [6.07, 6.45) is 2.29. The van der Waals surface area contributed by atoms with E-state index in [1.54, 1.807) is 53.7 Å². The van der Waals surface area contributed by atoms with Crippen molar-refractivity contribution in [2.75, 3.05) is 30.3 Å². The van der Waals surface area contributed by atoms with E-state index in [0.717, 1.165) is 54.2 Å². The van der Waals surface area contributed by atoms with Crippen LogP contribution in [0.1, 0.15) is 101 Å². The van der Waals surface area contributed by atoms with Crippen molar-refractivity contribution in [3.8, 4) is 0 Å². The number of hydrogen-bond donors (Lipinski definition) is 6. The minimum absolute atomic E-state index is 0.109. The van der Waals surface area contributed by atoms with Crippen molar-refractivity contribution >= 4 is 52.1 Å². The number of rotatable bonds is 13. The highest BCUT2D eigenvalue weighted by Gasteiger charge is 2.54. The number of thiazole rings is 1. The van der Waals surface area contributed by atoms with Gasteiger partial charge in [0.25, 0.3) is 5.91 Å². The number of likely N-dealkylation sites (tertiary alicyclic amines) is 1. The van der Waals surface area contributed by atoms with Gasteiger partial charge < -0.3 is 31.1 Å². The molecule has 15 heteroatoms. The minimum atomic E-state index is -1.74. The summed E-state index contributed by atoms with van der Waals surface area (Å²) < 4.78 is 0. The van der Waals surface area contributed by atoms with Crippen LogP contribution in [0.3, 0.4) is 0 Å². The average Bonchev–Trinajstić information content (AvgIpc) is 3.39. The molecule has 0 saturated carbocycles. The fourth-order valence-electron chi connectivity index (χ4n) is 5.89. The molecule has 1 fully saturated rings. The Hall–Kier alpha value is -4.40. The number of amides is 5. The van der Waals surface area contributed by atoms with Gasteiger partial charge in [-0.3, -0.25) is 24.6 Å². The summed E-state index contributed by atoms with van der Waals surface area (Å²) in [5, 5.41) is 31.6. The van der Waals surface area contributed by atoms with E-state index in [4.69, 9.17) is 0 Å². The zero-order valence-corrected chi connectivity index (χ0v) is 30.4. The van der Waals surface area contributed by atoms with Crippen LogP contribution < -0.4 is 21.3 Å². The van der Waals surface area contributed by atoms with Gasteiger partial charge in [0.2, 0.25) is 17.6 Å². The van der Waals surface area contributed by atoms with Crippen LogP contribution in [0.15, 0.2) is 24.3 Å². The molecular weight excluding hydrogens is 650 g/mol. The summed E-state index contributed by atoms with van der Waals surface area (Å²) in [7, 11) is 0. The highest BCUT2D eigenvalue weighted by atomic mass is 32.1. The van der Waals surface area contributed by atoms with Gasteiger partial charge >= 0.3 is 12.2 Å². The second-order valence-electron chi connectivity index (χ2n) is 14.3. The third-order valence-electron chi connectivity index (χ3n) is 8.25. The second kappa shape index (κ2) is 16.3. The van der Waals surface area contributed by atoms with E-state index in [1.165, 1.54) is 6.92 Å². The van der Waals surface area contributed by atoms with Crippen LogP contribution in [0.5, 0.6) is 0 Å². The molecule has 14 nitrogen and oxygen atoms in total. The molecule has 1 unspecified atom stereocenters. The van der Waals surface area contributed by atoms with Crippen LogP contribution in [0.25, 0.3) is 0 Å². The molecule has 1 aromatic heterocycles. The summed E-state index contributed by atoms with van der Waals surface area (Å²) >= 11 is 1.09. The van der Waals surface area contributed by atoms with Gasteiger partial charge in [0.05, 0.1) is 5.69 Å². The first-order chi connectivity index (χ1) is 22.8. The molecule has 2 aromatic rings. The molecule has 5 amide bonds. The third-order valence-corrected chi connectivity index (χ3v) is 9.26. The van der Waals surface area contributed by atoms with Crippen molar-refractivity contribution in [2.45, 2.75) is 105 Å². The fourth-order valence-corrected chi connectivity index (χ4v) is 6.87. The number of aromatic nitrogens is 1. The molecule has 0 radical (unpaired) electrons. The van der Waals surface area contributed by atoms with Crippen LogP contribution in [0, 0.1) is 5.41 Å². The summed E-state index contributed by atoms with van der Waals surface area (Å²) in [5.74, 6) is -2.25. The van der Waals surface area contributed by atoms with Crippen molar-refractivity contribution in [1.29, 1.82) is 0 Å². The van der Waals surface area contributed by atoms with Crippen LogP contribution in [-0.2, 0) is 22.4 Å². The number of carboxylic acid groups (broad SMARTS) is 2. The molecular formula is C34H51N7O7S. The average molecular weight is 702 g/mol. The lowest BCUT2D eigenvalue weighted by Crippen LogP contribution is -2.76. The quantitative estimate of drug-likeness (QED) is 0.114. The second-order valence-corrected chi connectivity index (χ2v) is 15.3. The molecule has 0 bridgehead atoms. The molecule has 1 saturated heterocycles. The van der Waals surface area contributed by atoms with Gasteiger partial charge in [0, 0.05) is 49.6 Å². The number of hydrogen-bond acceptors (Lipinski definition) is 8. The lowest BCUT2D eigenvalue weighted by atomic mass is 9.82. The van der Waals surface area contributed by atoms with Crippen molar-refractivity contribution in [3.63, 3.8) is 0 Å². The number of piperidine rings is 1. The van der Waals surface area contributed by atoms with E-state index in [2.05, 4.69) is 26.3 Å². The van der Waals surface area contributed by atoms with Gasteiger partial charge in [-0.1, -0.05) is 44.2 Å². The molecule has 6 N–H and O–H groups in total. The minimum Gasteiger partial charge on any atom is -0.465 e. The fraction of sp³-hybridized carbons (Fsp3) is 0.588. The first-order valence-corrected chi connectivity index (χ1v) is 17.4. The maximum atomic E-state index is 13.2. The van der Waals surface area contributed by atoms with Crippen molar-refractivity contribution in [1.82, 2.24) is 25.4 Å². The predicted molar refractivity (Wildman–Crippen MR) is 189 cm³/mol. The topological polar surface area (TPSA) is 193 Å². The predicted octanol–water partition coefficient (Wildman–Crippen LogP) is 5.57. The normalized spacial score (nSPS) is 14.7. The molecule has 3 rings (SSSR count). The first kappa shape index (κ1) is 39.0. The van der Waals surface area contributed by atoms with E-state index in [1.807, 2.05) is 17.0 Å². The summed E-state index contributed by atoms with van der Waals surface area (Å²) in [6, 6.07) is 7.15. The third kappa shape index (κ3) is 10.5. The van der Waals surface area contributed by atoms with Gasteiger partial charge in [0.1, 0.15) is 4.88 Å². The van der Waals surface area contributed by atoms with Gasteiger partial charge in [-0.15, -0.1) is 0 Å². The van der Waals surface area contributed by atoms with Crippen LogP contribution in [-0.4, -0.2) is 85.9 Å². The SMILES string of the molecule is CC(=O)Nc1nc(CCc2ccc(NC(NC(=O)O)(N(C(=O)O)C(C)(C)C)C(C)(C)C)cc2)c(C(=O)NCCCC(=O)N2CCCCC2)s1. The summed E-state index contributed by atoms with van der Waals surface area (Å²) in [4.78, 5) is 69.8. The van der Waals surface area contributed by atoms with Crippen LogP contribution >= 0.6 is 11.3 Å². The van der Waals surface area contributed by atoms with Gasteiger partial charge in [0.15, 0.2) is 5.13 Å². The van der Waals surface area contributed by atoms with E-state index in [9.17, 15) is 34.2 Å². The summed E-state index contributed by atoms with van der Waals surface area (Å²) in [6.45, 7) is 13.6. The van der Waals surface area contributed by atoms with Gasteiger partial charge in [-0.2, -0.15) is 0 Å². The first-order valence-electron chi connectivity index (χ1n) is 16.6. The molecule has 1 aromatic carbocycles. The number of aryl methyl sites for hydroxylation is 2. The lowest BCUT2D eigenvalue weighted by Gasteiger charge is -2.55. The molecule has 1 aliphatic heterocycles. The maximum Gasteiger partial charge on any atom is 0.411 e. The van der Waals surface area contributed by atoms with Crippen LogP contribution in [0.2, 0.25) is 0 Å². The van der Waals surface area contributed by atoms with E-state index >= 15 is 0 Å². The lowest BCUT2D eigenvalue weighted by molar-refractivity contribution is -0.132. The number of benzene rings is 1. The monoisotopic (exact) mass is 701 g/mol. The Labute approximate surface area is 292 Å². The van der Waals surface area contributed by atoms with Gasteiger partial charge in [-0.25, -0.2) is 14.6 Å². The highest BCUT2D eigenvalue weighted by molar-refractivity contribution is 7.17. The highest BCUT2D eigenvalue weighted by Crippen LogP contribution is 2.39. The zero-order chi connectivity index (χ0) is 36.6. The molecule has 49 heavy (non-hydrogen) atoms. The Morgan fingerprint density at radius 1 is 0.939 bits per heavy atom. The Morgan fingerprint density at radius 3 is 2.10 bits per heavy atom. The van der Waals surface area contributed by atoms with Crippen LogP contribution in [0.4, 0.5) is 20.4 Å². The molecule has 1 atom stereocenters. The standard InChI is InChI=1S/C34H51N7O7S/c1-22(42)36-29-37-25(27(49-29)28(44)35-19-11-12-26(43)40-20-9-8-10-21-40)18-15-23-13-16-24(17-14-23)38-34(32(2,3)4,39-30(45)46)41(31(47)48)33(5,6)7/h13-14,16-17,38-39H,8-12,15,18-21H2,1-7H3,(H,35,44)(H,45,46)(H,47,48)(H,36,37,42). The van der Waals surface area contributed by atoms with Crippen molar-refractivity contribution in [2.24, 2.45) is 5.41 Å². The zero-order valence-electron chi connectivity index (χ0n) is 29.6. The maximum absolute atomic E-state index is 13.2. The Bertz CT molecular complexity index is 1490. The van der Waals surface area contributed by atoms with E-state index in [0.29, 0.717) is 53.6 Å². The molecule has 0 aliphatic carbocycles. The van der Waals surface area contributed by atoms with Gasteiger partial charge in [-0.05, 0) is 77.0 Å². The number of nitrogens with one attached hydrogen (secondary N) is 4. The van der Waals surface area contributed by atoms with E-state index < -0.39 is 28.9 Å². The number of anilines is 2. The molecule has 1 aliphatic rings. The number of nitrogens with zero attached hydrogens (tertiary/aromatic N) is 3. The van der Waals surface area contributed by atoms with Crippen molar-refractivity contribution < 1.29 is 34.2 Å². The number of carbonyl (C=O) groups excluding carboxylic acids is 3. The largest absolute Gasteiger partial charge is 0.465 e. The number of carbonyl (C=O) groups is 5. The molecule has 270 valence electrons. The molecule has 2 heterocycles.